The van der Waals surface area contributed by atoms with Crippen molar-refractivity contribution in [2.24, 2.45) is 0 Å². The average Bonchev–Trinajstić information content (AvgIpc) is 3.46. The van der Waals surface area contributed by atoms with E-state index >= 15 is 0 Å². The zero-order chi connectivity index (χ0) is 36.2. The molecule has 0 bridgehead atoms. The Morgan fingerprint density at radius 1 is 0.463 bits per heavy atom. The van der Waals surface area contributed by atoms with Crippen LogP contribution in [0.25, 0.3) is 54.9 Å². The highest BCUT2D eigenvalue weighted by Crippen LogP contribution is 2.53. The van der Waals surface area contributed by atoms with Crippen molar-refractivity contribution in [3.63, 3.8) is 0 Å². The highest BCUT2D eigenvalue weighted by molar-refractivity contribution is 6.08. The van der Waals surface area contributed by atoms with Crippen LogP contribution in [0.3, 0.4) is 0 Å². The molecule has 0 atom stereocenters. The summed E-state index contributed by atoms with van der Waals surface area (Å²) in [5.41, 5.74) is 15.5. The van der Waals surface area contributed by atoms with E-state index in [4.69, 9.17) is 0 Å². The van der Waals surface area contributed by atoms with Crippen molar-refractivity contribution in [3.05, 3.63) is 187 Å². The molecule has 1 nitrogen and oxygen atoms in total. The lowest BCUT2D eigenvalue weighted by atomic mass is 9.77. The Bertz CT molecular complexity index is 2680. The predicted molar refractivity (Wildman–Crippen MR) is 230 cm³/mol. The van der Waals surface area contributed by atoms with Gasteiger partial charge in [-0.25, -0.2) is 0 Å². The van der Waals surface area contributed by atoms with Gasteiger partial charge in [0, 0.05) is 22.4 Å². The second-order valence-corrected chi connectivity index (χ2v) is 15.9. The molecule has 8 aromatic carbocycles. The number of anilines is 3. The van der Waals surface area contributed by atoms with Crippen molar-refractivity contribution in [1.29, 1.82) is 0 Å². The first-order chi connectivity index (χ1) is 26.6. The molecule has 0 N–H and O–H groups in total. The molecule has 0 heterocycles. The van der Waals surface area contributed by atoms with Gasteiger partial charge in [0.25, 0.3) is 0 Å². The Hall–Kier alpha value is -5.92. The van der Waals surface area contributed by atoms with Gasteiger partial charge in [0.15, 0.2) is 0 Å². The maximum absolute atomic E-state index is 2.54. The van der Waals surface area contributed by atoms with Crippen LogP contribution in [-0.2, 0) is 5.41 Å². The Morgan fingerprint density at radius 2 is 1.11 bits per heavy atom. The Kier molecular flexibility index (Phi) is 7.99. The van der Waals surface area contributed by atoms with Gasteiger partial charge in [0.1, 0.15) is 0 Å². The fourth-order valence-electron chi connectivity index (χ4n) is 9.80. The Labute approximate surface area is 319 Å². The van der Waals surface area contributed by atoms with Gasteiger partial charge in [-0.05, 0) is 115 Å². The highest BCUT2D eigenvalue weighted by atomic mass is 15.1. The zero-order valence-electron chi connectivity index (χ0n) is 31.2. The molecule has 0 radical (unpaired) electrons. The average molecular weight is 696 g/mol. The van der Waals surface area contributed by atoms with Crippen LogP contribution in [-0.4, -0.2) is 0 Å². The van der Waals surface area contributed by atoms with E-state index in [1.807, 2.05) is 0 Å². The molecule has 0 saturated heterocycles. The van der Waals surface area contributed by atoms with Gasteiger partial charge < -0.3 is 4.90 Å². The summed E-state index contributed by atoms with van der Waals surface area (Å²) < 4.78 is 0. The molecule has 1 saturated carbocycles. The number of nitrogens with zero attached hydrogens (tertiary/aromatic N) is 1. The fourth-order valence-corrected chi connectivity index (χ4v) is 9.80. The lowest BCUT2D eigenvalue weighted by Gasteiger charge is -2.32. The van der Waals surface area contributed by atoms with Crippen molar-refractivity contribution in [2.75, 3.05) is 4.90 Å². The van der Waals surface area contributed by atoms with Crippen molar-refractivity contribution in [3.8, 4) is 33.4 Å². The van der Waals surface area contributed by atoms with Gasteiger partial charge in [-0.3, -0.25) is 0 Å². The minimum absolute atomic E-state index is 0.0589. The van der Waals surface area contributed by atoms with E-state index in [0.717, 1.165) is 5.69 Å². The first-order valence-electron chi connectivity index (χ1n) is 19.8. The molecule has 1 heteroatoms. The summed E-state index contributed by atoms with van der Waals surface area (Å²) in [6.45, 7) is 4.73. The quantitative estimate of drug-likeness (QED) is 0.167. The van der Waals surface area contributed by atoms with Crippen molar-refractivity contribution < 1.29 is 0 Å². The van der Waals surface area contributed by atoms with Crippen LogP contribution in [0, 0.1) is 0 Å². The summed E-state index contributed by atoms with van der Waals surface area (Å²) in [6.07, 6.45) is 6.40. The van der Waals surface area contributed by atoms with Crippen molar-refractivity contribution >= 4 is 38.6 Å². The topological polar surface area (TPSA) is 3.24 Å². The SMILES string of the molecule is CC1(C)c2ccccc2-c2cc(N(c3cccc(-c4ccccc4)c3)c3ccc4ccccc4c3-c3ccc4ccccc4c3C3CCCCC3)ccc21. The third-order valence-corrected chi connectivity index (χ3v) is 12.4. The third kappa shape index (κ3) is 5.37. The molecule has 0 aliphatic heterocycles. The molecule has 0 spiro atoms. The van der Waals surface area contributed by atoms with Crippen LogP contribution in [0.5, 0.6) is 0 Å². The molecule has 1 fully saturated rings. The minimum atomic E-state index is -0.0589. The largest absolute Gasteiger partial charge is 0.310 e. The molecule has 54 heavy (non-hydrogen) atoms. The van der Waals surface area contributed by atoms with Gasteiger partial charge in [0.05, 0.1) is 5.69 Å². The van der Waals surface area contributed by atoms with Crippen LogP contribution >= 0.6 is 0 Å². The van der Waals surface area contributed by atoms with Crippen LogP contribution in [0.2, 0.25) is 0 Å². The number of benzene rings is 8. The van der Waals surface area contributed by atoms with Gasteiger partial charge in [-0.2, -0.15) is 0 Å². The molecule has 8 aromatic rings. The fraction of sp³-hybridized carbons (Fsp3) is 0.170. The van der Waals surface area contributed by atoms with E-state index in [1.165, 1.54) is 115 Å². The van der Waals surface area contributed by atoms with E-state index in [0.29, 0.717) is 5.92 Å². The van der Waals surface area contributed by atoms with Crippen LogP contribution < -0.4 is 4.90 Å². The molecule has 0 aromatic heterocycles. The summed E-state index contributed by atoms with van der Waals surface area (Å²) in [6, 6.07) is 63.7. The van der Waals surface area contributed by atoms with Gasteiger partial charge in [-0.15, -0.1) is 0 Å². The van der Waals surface area contributed by atoms with E-state index in [9.17, 15) is 0 Å². The smallest absolute Gasteiger partial charge is 0.0546 e. The first kappa shape index (κ1) is 32.7. The maximum Gasteiger partial charge on any atom is 0.0546 e. The van der Waals surface area contributed by atoms with E-state index in [-0.39, 0.29) is 5.41 Å². The van der Waals surface area contributed by atoms with Crippen LogP contribution in [0.15, 0.2) is 170 Å². The minimum Gasteiger partial charge on any atom is -0.310 e. The second-order valence-electron chi connectivity index (χ2n) is 15.9. The van der Waals surface area contributed by atoms with E-state index in [2.05, 4.69) is 189 Å². The molecule has 0 amide bonds. The molecule has 2 aliphatic carbocycles. The normalized spacial score (nSPS) is 14.9. The summed E-state index contributed by atoms with van der Waals surface area (Å²) in [4.78, 5) is 2.54. The number of hydrogen-bond donors (Lipinski definition) is 0. The molecule has 0 unspecified atom stereocenters. The number of fused-ring (bicyclic) bond motifs is 5. The highest BCUT2D eigenvalue weighted by Gasteiger charge is 2.36. The van der Waals surface area contributed by atoms with Crippen LogP contribution in [0.4, 0.5) is 17.1 Å². The molecular formula is C53H45N. The lowest BCUT2D eigenvalue weighted by molar-refractivity contribution is 0.446. The van der Waals surface area contributed by atoms with Crippen LogP contribution in [0.1, 0.15) is 68.6 Å². The second kappa shape index (κ2) is 13.2. The number of hydrogen-bond acceptors (Lipinski definition) is 1. The van der Waals surface area contributed by atoms with Gasteiger partial charge in [0.2, 0.25) is 0 Å². The first-order valence-corrected chi connectivity index (χ1v) is 19.8. The molecule has 2 aliphatic rings. The zero-order valence-corrected chi connectivity index (χ0v) is 31.2. The monoisotopic (exact) mass is 695 g/mol. The van der Waals surface area contributed by atoms with Gasteiger partial charge >= 0.3 is 0 Å². The third-order valence-electron chi connectivity index (χ3n) is 12.4. The summed E-state index contributed by atoms with van der Waals surface area (Å²) in [5.74, 6) is 0.528. The van der Waals surface area contributed by atoms with Gasteiger partial charge in [-0.1, -0.05) is 173 Å². The van der Waals surface area contributed by atoms with E-state index < -0.39 is 0 Å². The van der Waals surface area contributed by atoms with E-state index in [1.54, 1.807) is 0 Å². The molecule has 262 valence electrons. The summed E-state index contributed by atoms with van der Waals surface area (Å²) in [7, 11) is 0. The Balaban J connectivity index is 1.28. The standard InChI is InChI=1S/C53H45N/c1-53(2)48-27-14-13-26-45(48)47-35-42(30-32-49(47)53)54(41-23-15-22-40(34-41)36-16-5-3-6-17-36)50-33-29-38-19-10-12-25-44(38)52(50)46-31-28-37-18-9-11-24-43(37)51(46)39-20-7-4-8-21-39/h3,5-6,9-19,22-35,39H,4,7-8,20-21H2,1-2H3. The summed E-state index contributed by atoms with van der Waals surface area (Å²) in [5, 5.41) is 5.28. The van der Waals surface area contributed by atoms with Crippen molar-refractivity contribution in [1.82, 2.24) is 0 Å². The maximum atomic E-state index is 2.54. The number of rotatable bonds is 6. The molecule has 10 rings (SSSR count). The predicted octanol–water partition coefficient (Wildman–Crippen LogP) is 15.2. The summed E-state index contributed by atoms with van der Waals surface area (Å²) >= 11 is 0. The lowest BCUT2D eigenvalue weighted by Crippen LogP contribution is -2.16. The Morgan fingerprint density at radius 3 is 1.94 bits per heavy atom. The molecular weight excluding hydrogens is 651 g/mol. The van der Waals surface area contributed by atoms with Crippen molar-refractivity contribution in [2.45, 2.75) is 57.3 Å².